The van der Waals surface area contributed by atoms with Gasteiger partial charge < -0.3 is 19.7 Å². The molecule has 1 heterocycles. The van der Waals surface area contributed by atoms with Gasteiger partial charge in [0, 0.05) is 26.7 Å². The van der Waals surface area contributed by atoms with Crippen LogP contribution >= 0.6 is 0 Å². The molecule has 4 heteroatoms. The number of piperidine rings is 1. The molecule has 1 aliphatic rings. The van der Waals surface area contributed by atoms with E-state index in [0.29, 0.717) is 18.6 Å². The van der Waals surface area contributed by atoms with E-state index < -0.39 is 0 Å². The van der Waals surface area contributed by atoms with Gasteiger partial charge in [0.15, 0.2) is 0 Å². The van der Waals surface area contributed by atoms with E-state index in [0.717, 1.165) is 39.0 Å². The fraction of sp³-hybridized carbons (Fsp3) is 1.00. The summed E-state index contributed by atoms with van der Waals surface area (Å²) in [6.07, 6.45) is 2.87. The van der Waals surface area contributed by atoms with E-state index >= 15 is 0 Å². The Morgan fingerprint density at radius 2 is 1.89 bits per heavy atom. The van der Waals surface area contributed by atoms with Gasteiger partial charge in [0.25, 0.3) is 0 Å². The van der Waals surface area contributed by atoms with Gasteiger partial charge in [-0.15, -0.1) is 0 Å². The lowest BCUT2D eigenvalue weighted by Gasteiger charge is -2.32. The van der Waals surface area contributed by atoms with Gasteiger partial charge in [-0.3, -0.25) is 0 Å². The molecular formula is C14H30N2O2. The number of likely N-dealkylation sites (tertiary alicyclic amines) is 1. The van der Waals surface area contributed by atoms with Crippen LogP contribution < -0.4 is 5.32 Å². The van der Waals surface area contributed by atoms with Gasteiger partial charge in [0.1, 0.15) is 0 Å². The van der Waals surface area contributed by atoms with Crippen LogP contribution in [0.25, 0.3) is 0 Å². The smallest absolute Gasteiger partial charge is 0.0936 e. The fourth-order valence-corrected chi connectivity index (χ4v) is 2.26. The molecule has 0 spiro atoms. The fourth-order valence-electron chi connectivity index (χ4n) is 2.26. The lowest BCUT2D eigenvalue weighted by molar-refractivity contribution is -0.0661. The van der Waals surface area contributed by atoms with Crippen molar-refractivity contribution < 1.29 is 9.47 Å². The zero-order valence-corrected chi connectivity index (χ0v) is 12.4. The summed E-state index contributed by atoms with van der Waals surface area (Å²) in [5.74, 6) is 0.677. The third-order valence-corrected chi connectivity index (χ3v) is 3.33. The molecule has 1 unspecified atom stereocenters. The third kappa shape index (κ3) is 6.69. The molecule has 108 valence electrons. The minimum absolute atomic E-state index is 0.183. The molecule has 0 saturated carbocycles. The van der Waals surface area contributed by atoms with Crippen LogP contribution in [0.1, 0.15) is 26.7 Å². The van der Waals surface area contributed by atoms with Crippen molar-refractivity contribution in [1.82, 2.24) is 10.2 Å². The predicted molar refractivity (Wildman–Crippen MR) is 75.0 cm³/mol. The third-order valence-electron chi connectivity index (χ3n) is 3.33. The van der Waals surface area contributed by atoms with Crippen LogP contribution in [-0.2, 0) is 9.47 Å². The first-order valence-corrected chi connectivity index (χ1v) is 7.15. The predicted octanol–water partition coefficient (Wildman–Crippen LogP) is 1.36. The molecule has 0 aromatic carbocycles. The number of hydrogen-bond acceptors (Lipinski definition) is 4. The van der Waals surface area contributed by atoms with Gasteiger partial charge >= 0.3 is 0 Å². The van der Waals surface area contributed by atoms with Crippen LogP contribution in [0.4, 0.5) is 0 Å². The maximum absolute atomic E-state index is 6.15. The maximum atomic E-state index is 6.15. The first kappa shape index (κ1) is 15.9. The largest absolute Gasteiger partial charge is 0.382 e. The molecular weight excluding hydrogens is 228 g/mol. The molecule has 0 aromatic heterocycles. The van der Waals surface area contributed by atoms with E-state index in [9.17, 15) is 0 Å². The Balaban J connectivity index is 2.23. The Morgan fingerprint density at radius 1 is 1.22 bits per heavy atom. The Morgan fingerprint density at radius 3 is 2.44 bits per heavy atom. The zero-order chi connectivity index (χ0) is 13.4. The number of nitrogens with zero attached hydrogens (tertiary/aromatic N) is 1. The van der Waals surface area contributed by atoms with E-state index in [1.165, 1.54) is 0 Å². The van der Waals surface area contributed by atoms with Crippen molar-refractivity contribution in [3.8, 4) is 0 Å². The SMILES string of the molecule is COCC(CNCC(C)C)OC1CCN(C)CC1. The minimum Gasteiger partial charge on any atom is -0.382 e. The highest BCUT2D eigenvalue weighted by Crippen LogP contribution is 2.14. The highest BCUT2D eigenvalue weighted by atomic mass is 16.5. The van der Waals surface area contributed by atoms with Gasteiger partial charge in [-0.05, 0) is 32.4 Å². The van der Waals surface area contributed by atoms with Crippen molar-refractivity contribution >= 4 is 0 Å². The summed E-state index contributed by atoms with van der Waals surface area (Å²) < 4.78 is 11.4. The zero-order valence-electron chi connectivity index (χ0n) is 12.4. The van der Waals surface area contributed by atoms with E-state index in [4.69, 9.17) is 9.47 Å². The molecule has 0 radical (unpaired) electrons. The molecule has 4 nitrogen and oxygen atoms in total. The van der Waals surface area contributed by atoms with Crippen molar-refractivity contribution in [2.75, 3.05) is 46.9 Å². The van der Waals surface area contributed by atoms with Crippen molar-refractivity contribution in [2.45, 2.75) is 38.9 Å². The maximum Gasteiger partial charge on any atom is 0.0936 e. The summed E-state index contributed by atoms with van der Waals surface area (Å²) in [5, 5.41) is 3.45. The molecule has 0 bridgehead atoms. The second-order valence-corrected chi connectivity index (χ2v) is 5.77. The van der Waals surface area contributed by atoms with Crippen molar-refractivity contribution in [2.24, 2.45) is 5.92 Å². The quantitative estimate of drug-likeness (QED) is 0.713. The normalized spacial score (nSPS) is 20.5. The summed E-state index contributed by atoms with van der Waals surface area (Å²) in [5.41, 5.74) is 0. The van der Waals surface area contributed by atoms with Crippen molar-refractivity contribution in [3.63, 3.8) is 0 Å². The number of ether oxygens (including phenoxy) is 2. The molecule has 1 aliphatic heterocycles. The van der Waals surface area contributed by atoms with E-state index in [1.54, 1.807) is 7.11 Å². The molecule has 0 aliphatic carbocycles. The van der Waals surface area contributed by atoms with Crippen molar-refractivity contribution in [3.05, 3.63) is 0 Å². The summed E-state index contributed by atoms with van der Waals surface area (Å²) >= 11 is 0. The lowest BCUT2D eigenvalue weighted by Crippen LogP contribution is -2.41. The number of nitrogens with one attached hydrogen (secondary N) is 1. The minimum atomic E-state index is 0.183. The van der Waals surface area contributed by atoms with Gasteiger partial charge in [0.2, 0.25) is 0 Å². The number of rotatable bonds is 8. The molecule has 1 N–H and O–H groups in total. The summed E-state index contributed by atoms with van der Waals surface area (Å²) in [4.78, 5) is 2.36. The van der Waals surface area contributed by atoms with Crippen molar-refractivity contribution in [1.29, 1.82) is 0 Å². The van der Waals surface area contributed by atoms with E-state index in [-0.39, 0.29) is 6.10 Å². The van der Waals surface area contributed by atoms with Crippen LogP contribution in [0.3, 0.4) is 0 Å². The van der Waals surface area contributed by atoms with Gasteiger partial charge in [-0.2, -0.15) is 0 Å². The van der Waals surface area contributed by atoms with E-state index in [2.05, 4.69) is 31.1 Å². The molecule has 1 atom stereocenters. The summed E-state index contributed by atoms with van der Waals surface area (Å²) in [6, 6.07) is 0. The van der Waals surface area contributed by atoms with Crippen LogP contribution in [-0.4, -0.2) is 64.1 Å². The van der Waals surface area contributed by atoms with Gasteiger partial charge in [0.05, 0.1) is 18.8 Å². The second-order valence-electron chi connectivity index (χ2n) is 5.77. The summed E-state index contributed by atoms with van der Waals surface area (Å²) in [6.45, 7) is 9.33. The molecule has 0 amide bonds. The molecule has 18 heavy (non-hydrogen) atoms. The molecule has 1 rings (SSSR count). The molecule has 0 aromatic rings. The van der Waals surface area contributed by atoms with Gasteiger partial charge in [-0.25, -0.2) is 0 Å². The van der Waals surface area contributed by atoms with Crippen LogP contribution in [0.2, 0.25) is 0 Å². The summed E-state index contributed by atoms with van der Waals surface area (Å²) in [7, 11) is 3.92. The van der Waals surface area contributed by atoms with Crippen LogP contribution in [0.15, 0.2) is 0 Å². The van der Waals surface area contributed by atoms with E-state index in [1.807, 2.05) is 0 Å². The first-order valence-electron chi connectivity index (χ1n) is 7.15. The highest BCUT2D eigenvalue weighted by Gasteiger charge is 2.21. The Hall–Kier alpha value is -0.160. The molecule has 1 saturated heterocycles. The van der Waals surface area contributed by atoms with Crippen LogP contribution in [0, 0.1) is 5.92 Å². The second kappa shape index (κ2) is 8.86. The number of hydrogen-bond donors (Lipinski definition) is 1. The average Bonchev–Trinajstić information content (AvgIpc) is 2.32. The Labute approximate surface area is 112 Å². The highest BCUT2D eigenvalue weighted by molar-refractivity contribution is 4.73. The first-order chi connectivity index (χ1) is 8.61. The topological polar surface area (TPSA) is 33.7 Å². The Bertz CT molecular complexity index is 204. The standard InChI is InChI=1S/C14H30N2O2/c1-12(2)9-15-10-14(11-17-4)18-13-5-7-16(3)8-6-13/h12-15H,5-11H2,1-4H3. The molecule has 1 fully saturated rings. The number of methoxy groups -OCH3 is 1. The van der Waals surface area contributed by atoms with Gasteiger partial charge in [-0.1, -0.05) is 13.8 Å². The Kier molecular flexibility index (Phi) is 7.82. The lowest BCUT2D eigenvalue weighted by atomic mass is 10.1. The van der Waals surface area contributed by atoms with Crippen LogP contribution in [0.5, 0.6) is 0 Å². The average molecular weight is 258 g/mol. The monoisotopic (exact) mass is 258 g/mol.